The van der Waals surface area contributed by atoms with Crippen LogP contribution in [0.2, 0.25) is 0 Å². The normalized spacial score (nSPS) is 20.6. The van der Waals surface area contributed by atoms with Gasteiger partial charge in [-0.05, 0) is 59.7 Å². The van der Waals surface area contributed by atoms with Gasteiger partial charge in [-0.1, -0.05) is 85.5 Å². The van der Waals surface area contributed by atoms with Crippen LogP contribution in [0.1, 0.15) is 61.6 Å². The maximum Gasteiger partial charge on any atom is 0.143 e. The van der Waals surface area contributed by atoms with Gasteiger partial charge in [-0.25, -0.2) is 0 Å². The van der Waals surface area contributed by atoms with Gasteiger partial charge in [0, 0.05) is 12.0 Å². The second kappa shape index (κ2) is 8.92. The van der Waals surface area contributed by atoms with Crippen molar-refractivity contribution in [3.05, 3.63) is 95.1 Å². The molecule has 0 bridgehead atoms. The third-order valence-electron chi connectivity index (χ3n) is 6.96. The highest BCUT2D eigenvalue weighted by Gasteiger charge is 2.42. The van der Waals surface area contributed by atoms with Crippen LogP contribution in [0.3, 0.4) is 0 Å². The van der Waals surface area contributed by atoms with Crippen LogP contribution in [0.5, 0.6) is 0 Å². The Kier molecular flexibility index (Phi) is 5.82. The number of rotatable bonds is 4. The molecule has 3 aromatic carbocycles. The molecular formula is C31H29NO. The van der Waals surface area contributed by atoms with Gasteiger partial charge in [-0.2, -0.15) is 0 Å². The minimum atomic E-state index is -0.598. The lowest BCUT2D eigenvalue weighted by Gasteiger charge is -2.23. The standard InChI is InChI=1S/C31H29NO/c1-4-18-31(19-5-2)27-15-11-10-14-25(27)26-17-16-23(20-28(26)31)30-32-29(21-33-30)24(6-3)22-12-8-7-9-13-22/h7-17,20,24,29-30,32H,6,21H2,1-3H3/t24-,29+,30-/m0/s1. The molecule has 3 atom stereocenters. The van der Waals surface area contributed by atoms with E-state index in [1.165, 1.54) is 22.3 Å². The lowest BCUT2D eigenvalue weighted by Crippen LogP contribution is -2.32. The molecule has 1 aliphatic carbocycles. The summed E-state index contributed by atoms with van der Waals surface area (Å²) >= 11 is 0. The van der Waals surface area contributed by atoms with Crippen molar-refractivity contribution in [3.63, 3.8) is 0 Å². The van der Waals surface area contributed by atoms with E-state index in [1.807, 2.05) is 13.8 Å². The van der Waals surface area contributed by atoms with E-state index in [2.05, 4.69) is 109 Å². The van der Waals surface area contributed by atoms with E-state index >= 15 is 0 Å². The van der Waals surface area contributed by atoms with Gasteiger partial charge in [0.2, 0.25) is 0 Å². The molecule has 1 heterocycles. The van der Waals surface area contributed by atoms with E-state index in [9.17, 15) is 0 Å². The fourth-order valence-corrected chi connectivity index (χ4v) is 5.50. The summed E-state index contributed by atoms with van der Waals surface area (Å²) in [6, 6.07) is 26.2. The van der Waals surface area contributed by atoms with Crippen LogP contribution >= 0.6 is 0 Å². The molecule has 0 unspecified atom stereocenters. The summed E-state index contributed by atoms with van der Waals surface area (Å²) in [6.45, 7) is 6.74. The smallest absolute Gasteiger partial charge is 0.143 e. The van der Waals surface area contributed by atoms with Gasteiger partial charge < -0.3 is 4.74 Å². The highest BCUT2D eigenvalue weighted by molar-refractivity contribution is 5.86. The molecule has 3 aromatic rings. The Labute approximate surface area is 197 Å². The van der Waals surface area contributed by atoms with Crippen molar-refractivity contribution in [1.29, 1.82) is 0 Å². The summed E-state index contributed by atoms with van der Waals surface area (Å²) in [5.41, 5.74) is 6.67. The molecule has 0 radical (unpaired) electrons. The Balaban J connectivity index is 1.51. The van der Waals surface area contributed by atoms with Gasteiger partial charge in [0.15, 0.2) is 0 Å². The predicted octanol–water partition coefficient (Wildman–Crippen LogP) is 6.18. The average molecular weight is 432 g/mol. The highest BCUT2D eigenvalue weighted by Crippen LogP contribution is 2.49. The van der Waals surface area contributed by atoms with Crippen molar-refractivity contribution in [1.82, 2.24) is 5.32 Å². The van der Waals surface area contributed by atoms with Crippen molar-refractivity contribution in [3.8, 4) is 34.8 Å². The maximum absolute atomic E-state index is 6.30. The van der Waals surface area contributed by atoms with Crippen LogP contribution in [0.15, 0.2) is 72.8 Å². The zero-order chi connectivity index (χ0) is 22.8. The van der Waals surface area contributed by atoms with Gasteiger partial charge in [-0.3, -0.25) is 5.32 Å². The number of nitrogens with one attached hydrogen (secondary N) is 1. The first kappa shape index (κ1) is 21.5. The summed E-state index contributed by atoms with van der Waals surface area (Å²) in [6.07, 6.45) is 0.932. The van der Waals surface area contributed by atoms with Crippen molar-refractivity contribution in [2.45, 2.75) is 50.8 Å². The summed E-state index contributed by atoms with van der Waals surface area (Å²) in [5.74, 6) is 13.7. The zero-order valence-electron chi connectivity index (χ0n) is 19.5. The quantitative estimate of drug-likeness (QED) is 0.498. The molecule has 2 heteroatoms. The van der Waals surface area contributed by atoms with E-state index < -0.39 is 5.41 Å². The first-order valence-corrected chi connectivity index (χ1v) is 11.8. The maximum atomic E-state index is 6.30. The minimum Gasteiger partial charge on any atom is -0.357 e. The molecular weight excluding hydrogens is 402 g/mol. The van der Waals surface area contributed by atoms with E-state index in [-0.39, 0.29) is 12.3 Å². The Morgan fingerprint density at radius 1 is 0.909 bits per heavy atom. The number of hydrogen-bond donors (Lipinski definition) is 1. The van der Waals surface area contributed by atoms with Crippen LogP contribution < -0.4 is 5.32 Å². The Hall–Kier alpha value is -3.30. The summed E-state index contributed by atoms with van der Waals surface area (Å²) in [4.78, 5) is 0. The van der Waals surface area contributed by atoms with Crippen LogP contribution in [0.4, 0.5) is 0 Å². The highest BCUT2D eigenvalue weighted by atomic mass is 16.5. The van der Waals surface area contributed by atoms with Crippen molar-refractivity contribution < 1.29 is 4.74 Å². The Bertz CT molecular complexity index is 1260. The van der Waals surface area contributed by atoms with E-state index in [0.29, 0.717) is 12.5 Å². The van der Waals surface area contributed by atoms with Gasteiger partial charge in [-0.15, -0.1) is 11.8 Å². The summed E-state index contributed by atoms with van der Waals surface area (Å²) in [5, 5.41) is 3.77. The van der Waals surface area contributed by atoms with Gasteiger partial charge in [0.05, 0.1) is 6.61 Å². The number of ether oxygens (including phenoxy) is 1. The molecule has 1 N–H and O–H groups in total. The van der Waals surface area contributed by atoms with Crippen LogP contribution in [0, 0.1) is 23.7 Å². The van der Waals surface area contributed by atoms with Crippen LogP contribution in [-0.2, 0) is 10.2 Å². The zero-order valence-corrected chi connectivity index (χ0v) is 19.5. The van der Waals surface area contributed by atoms with Crippen molar-refractivity contribution >= 4 is 0 Å². The van der Waals surface area contributed by atoms with Crippen molar-refractivity contribution in [2.75, 3.05) is 6.61 Å². The number of fused-ring (bicyclic) bond motifs is 3. The van der Waals surface area contributed by atoms with Crippen LogP contribution in [-0.4, -0.2) is 12.6 Å². The summed E-state index contributed by atoms with van der Waals surface area (Å²) in [7, 11) is 0. The molecule has 33 heavy (non-hydrogen) atoms. The summed E-state index contributed by atoms with van der Waals surface area (Å²) < 4.78 is 6.30. The van der Waals surface area contributed by atoms with Crippen molar-refractivity contribution in [2.24, 2.45) is 0 Å². The topological polar surface area (TPSA) is 21.3 Å². The van der Waals surface area contributed by atoms with Gasteiger partial charge in [0.25, 0.3) is 0 Å². The Morgan fingerprint density at radius 2 is 1.61 bits per heavy atom. The monoisotopic (exact) mass is 431 g/mol. The molecule has 164 valence electrons. The molecule has 0 aromatic heterocycles. The van der Waals surface area contributed by atoms with Crippen LogP contribution in [0.25, 0.3) is 11.1 Å². The Morgan fingerprint density at radius 3 is 2.33 bits per heavy atom. The molecule has 5 rings (SSSR count). The first-order chi connectivity index (χ1) is 16.2. The van der Waals surface area contributed by atoms with Gasteiger partial charge in [0.1, 0.15) is 11.6 Å². The SMILES string of the molecule is CC#CC1(C#CC)c2ccccc2-c2ccc([C@H]3N[C@@H]([C@@H](CC)c4ccccc4)CO3)cc21. The lowest BCUT2D eigenvalue weighted by molar-refractivity contribution is 0.100. The second-order valence-corrected chi connectivity index (χ2v) is 8.76. The third kappa shape index (κ3) is 3.57. The lowest BCUT2D eigenvalue weighted by atomic mass is 9.79. The molecule has 1 fully saturated rings. The molecule has 1 saturated heterocycles. The molecule has 0 saturated carbocycles. The minimum absolute atomic E-state index is 0.136. The molecule has 0 amide bonds. The second-order valence-electron chi connectivity index (χ2n) is 8.76. The molecule has 2 nitrogen and oxygen atoms in total. The average Bonchev–Trinajstić information content (AvgIpc) is 3.43. The molecule has 0 spiro atoms. The van der Waals surface area contributed by atoms with E-state index in [4.69, 9.17) is 4.74 Å². The molecule has 1 aliphatic heterocycles. The number of hydrogen-bond acceptors (Lipinski definition) is 2. The number of benzene rings is 3. The van der Waals surface area contributed by atoms with E-state index in [1.54, 1.807) is 0 Å². The molecule has 2 aliphatic rings. The fourth-order valence-electron chi connectivity index (χ4n) is 5.50. The van der Waals surface area contributed by atoms with E-state index in [0.717, 1.165) is 17.5 Å². The predicted molar refractivity (Wildman–Crippen MR) is 135 cm³/mol. The fraction of sp³-hybridized carbons (Fsp3) is 0.290. The largest absolute Gasteiger partial charge is 0.357 e. The van der Waals surface area contributed by atoms with Gasteiger partial charge >= 0.3 is 0 Å². The third-order valence-corrected chi connectivity index (χ3v) is 6.96. The first-order valence-electron chi connectivity index (χ1n) is 11.8.